The number of benzene rings is 1. The number of anilines is 1. The van der Waals surface area contributed by atoms with Crippen LogP contribution in [0.15, 0.2) is 40.8 Å². The summed E-state index contributed by atoms with van der Waals surface area (Å²) in [5.74, 6) is 1.34. The number of quaternary nitrogens is 1. The molecule has 28 heavy (non-hydrogen) atoms. The van der Waals surface area contributed by atoms with Crippen molar-refractivity contribution in [3.05, 3.63) is 63.2 Å². The van der Waals surface area contributed by atoms with Crippen LogP contribution in [0.25, 0.3) is 11.3 Å². The lowest BCUT2D eigenvalue weighted by Gasteiger charge is -2.25. The molecule has 3 N–H and O–H groups in total. The van der Waals surface area contributed by atoms with Gasteiger partial charge < -0.3 is 20.0 Å². The van der Waals surface area contributed by atoms with Gasteiger partial charge in [0, 0.05) is 12.0 Å². The SMILES string of the molecule is CC[NH+]1CCc2c(sc3c2C(=O)N[C@H](c2ccc(-c4ccccc4Cl)o2)N3)C1. The number of thiophene rings is 1. The monoisotopic (exact) mass is 414 g/mol. The van der Waals surface area contributed by atoms with Gasteiger partial charge >= 0.3 is 0 Å². The second-order valence-corrected chi connectivity index (χ2v) is 8.73. The lowest BCUT2D eigenvalue weighted by Crippen LogP contribution is -3.11. The molecule has 2 aliphatic rings. The third kappa shape index (κ3) is 2.92. The van der Waals surface area contributed by atoms with Gasteiger partial charge in [0.05, 0.1) is 28.6 Å². The van der Waals surface area contributed by atoms with E-state index in [4.69, 9.17) is 16.0 Å². The predicted molar refractivity (Wildman–Crippen MR) is 111 cm³/mol. The van der Waals surface area contributed by atoms with Gasteiger partial charge in [0.25, 0.3) is 5.91 Å². The molecule has 1 unspecified atom stereocenters. The highest BCUT2D eigenvalue weighted by Crippen LogP contribution is 2.40. The average Bonchev–Trinajstić information content (AvgIpc) is 3.32. The first-order valence-corrected chi connectivity index (χ1v) is 10.7. The first-order valence-electron chi connectivity index (χ1n) is 9.54. The zero-order valence-corrected chi connectivity index (χ0v) is 17.0. The summed E-state index contributed by atoms with van der Waals surface area (Å²) in [7, 11) is 0. The number of furan rings is 1. The van der Waals surface area contributed by atoms with Crippen LogP contribution in [0.1, 0.15) is 39.6 Å². The van der Waals surface area contributed by atoms with Crippen molar-refractivity contribution < 1.29 is 14.1 Å². The van der Waals surface area contributed by atoms with Gasteiger partial charge in [0.1, 0.15) is 23.1 Å². The highest BCUT2D eigenvalue weighted by Gasteiger charge is 2.35. The number of halogens is 1. The molecule has 0 spiro atoms. The van der Waals surface area contributed by atoms with Crippen molar-refractivity contribution >= 4 is 33.8 Å². The summed E-state index contributed by atoms with van der Waals surface area (Å²) in [4.78, 5) is 15.8. The van der Waals surface area contributed by atoms with E-state index in [1.165, 1.54) is 10.4 Å². The molecule has 0 saturated carbocycles. The molecule has 2 atom stereocenters. The van der Waals surface area contributed by atoms with Gasteiger partial charge in [0.15, 0.2) is 6.17 Å². The van der Waals surface area contributed by atoms with Gasteiger partial charge in [-0.2, -0.15) is 0 Å². The predicted octanol–water partition coefficient (Wildman–Crippen LogP) is 3.48. The molecule has 5 rings (SSSR count). The average molecular weight is 415 g/mol. The lowest BCUT2D eigenvalue weighted by atomic mass is 10.0. The Bertz CT molecular complexity index is 1060. The van der Waals surface area contributed by atoms with E-state index in [1.807, 2.05) is 36.4 Å². The molecule has 3 aromatic rings. The fourth-order valence-corrected chi connectivity index (χ4v) is 5.58. The molecule has 4 heterocycles. The molecule has 5 nitrogen and oxygen atoms in total. The van der Waals surface area contributed by atoms with Crippen molar-refractivity contribution in [3.63, 3.8) is 0 Å². The number of carbonyl (C=O) groups is 1. The van der Waals surface area contributed by atoms with Crippen LogP contribution in [0, 0.1) is 0 Å². The van der Waals surface area contributed by atoms with Gasteiger partial charge in [-0.15, -0.1) is 11.3 Å². The first-order chi connectivity index (χ1) is 13.6. The number of likely N-dealkylation sites (N-methyl/N-ethyl adjacent to an activating group) is 1. The van der Waals surface area contributed by atoms with Crippen LogP contribution in [-0.2, 0) is 13.0 Å². The number of carbonyl (C=O) groups excluding carboxylic acids is 1. The molecule has 7 heteroatoms. The molecule has 2 aromatic heterocycles. The molecular formula is C21H21ClN3O2S+. The topological polar surface area (TPSA) is 58.7 Å². The van der Waals surface area contributed by atoms with Crippen molar-refractivity contribution in [2.45, 2.75) is 26.1 Å². The maximum atomic E-state index is 12.9. The molecule has 1 amide bonds. The van der Waals surface area contributed by atoms with Crippen molar-refractivity contribution in [1.29, 1.82) is 0 Å². The second kappa shape index (κ2) is 6.95. The molecule has 0 bridgehead atoms. The molecule has 144 valence electrons. The first kappa shape index (κ1) is 17.8. The number of hydrogen-bond acceptors (Lipinski definition) is 4. The summed E-state index contributed by atoms with van der Waals surface area (Å²) in [5, 5.41) is 8.11. The minimum Gasteiger partial charge on any atom is -0.457 e. The largest absolute Gasteiger partial charge is 0.457 e. The van der Waals surface area contributed by atoms with E-state index >= 15 is 0 Å². The summed E-state index contributed by atoms with van der Waals surface area (Å²) in [5.41, 5.74) is 2.88. The van der Waals surface area contributed by atoms with Gasteiger partial charge in [-0.3, -0.25) is 4.79 Å². The smallest absolute Gasteiger partial charge is 0.256 e. The second-order valence-electron chi connectivity index (χ2n) is 7.22. The maximum absolute atomic E-state index is 12.9. The number of amides is 1. The van der Waals surface area contributed by atoms with Crippen molar-refractivity contribution in [1.82, 2.24) is 5.32 Å². The number of nitrogens with one attached hydrogen (secondary N) is 3. The lowest BCUT2D eigenvalue weighted by molar-refractivity contribution is -0.913. The van der Waals surface area contributed by atoms with Crippen LogP contribution in [0.3, 0.4) is 0 Å². The van der Waals surface area contributed by atoms with Gasteiger partial charge in [-0.25, -0.2) is 0 Å². The third-order valence-corrected chi connectivity index (χ3v) is 7.05. The summed E-state index contributed by atoms with van der Waals surface area (Å²) < 4.78 is 6.03. The number of rotatable bonds is 3. The Kier molecular flexibility index (Phi) is 4.42. The van der Waals surface area contributed by atoms with Crippen LogP contribution >= 0.6 is 22.9 Å². The Morgan fingerprint density at radius 2 is 2.11 bits per heavy atom. The third-order valence-electron chi connectivity index (χ3n) is 5.56. The minimum atomic E-state index is -0.383. The van der Waals surface area contributed by atoms with Crippen molar-refractivity contribution in [2.75, 3.05) is 18.4 Å². The Balaban J connectivity index is 1.44. The van der Waals surface area contributed by atoms with Crippen LogP contribution in [0.4, 0.5) is 5.00 Å². The normalized spacial score (nSPS) is 20.9. The Hall–Kier alpha value is -2.28. The maximum Gasteiger partial charge on any atom is 0.256 e. The highest BCUT2D eigenvalue weighted by atomic mass is 35.5. The van der Waals surface area contributed by atoms with Gasteiger partial charge in [-0.1, -0.05) is 23.7 Å². The van der Waals surface area contributed by atoms with E-state index in [-0.39, 0.29) is 12.1 Å². The zero-order valence-electron chi connectivity index (χ0n) is 15.5. The van der Waals surface area contributed by atoms with Crippen LogP contribution < -0.4 is 15.5 Å². The van der Waals surface area contributed by atoms with E-state index in [2.05, 4.69) is 17.6 Å². The standard InChI is InChI=1S/C21H20ClN3O2S/c1-2-25-10-9-13-17(11-25)28-21-18(13)20(26)23-19(24-21)16-8-7-15(27-16)12-5-3-4-6-14(12)22/h3-8,19,24H,2,9-11H2,1H3,(H,23,26)/p+1/t19-/m0/s1. The molecule has 0 aliphatic carbocycles. The van der Waals surface area contributed by atoms with E-state index < -0.39 is 0 Å². The molecule has 0 radical (unpaired) electrons. The zero-order chi connectivity index (χ0) is 19.3. The molecule has 0 saturated heterocycles. The van der Waals surface area contributed by atoms with Crippen molar-refractivity contribution in [2.24, 2.45) is 0 Å². The fraction of sp³-hybridized carbons (Fsp3) is 0.286. The summed E-state index contributed by atoms with van der Waals surface area (Å²) >= 11 is 7.99. The fourth-order valence-electron chi connectivity index (χ4n) is 4.01. The van der Waals surface area contributed by atoms with Crippen molar-refractivity contribution in [3.8, 4) is 11.3 Å². The Labute approximate surface area is 172 Å². The van der Waals surface area contributed by atoms with E-state index in [0.29, 0.717) is 16.5 Å². The molecule has 2 aliphatic heterocycles. The minimum absolute atomic E-state index is 0.0214. The van der Waals surface area contributed by atoms with Gasteiger partial charge in [0.2, 0.25) is 0 Å². The Morgan fingerprint density at radius 3 is 2.93 bits per heavy atom. The van der Waals surface area contributed by atoms with Crippen LogP contribution in [-0.4, -0.2) is 19.0 Å². The highest BCUT2D eigenvalue weighted by molar-refractivity contribution is 7.16. The van der Waals surface area contributed by atoms with E-state index in [0.717, 1.165) is 42.2 Å². The summed E-state index contributed by atoms with van der Waals surface area (Å²) in [6.07, 6.45) is 0.576. The summed E-state index contributed by atoms with van der Waals surface area (Å²) in [6.45, 7) is 5.41. The molecule has 1 aromatic carbocycles. The molecule has 0 fully saturated rings. The van der Waals surface area contributed by atoms with Gasteiger partial charge in [-0.05, 0) is 36.8 Å². The molecular weight excluding hydrogens is 394 g/mol. The van der Waals surface area contributed by atoms with Crippen LogP contribution in [0.5, 0.6) is 0 Å². The van der Waals surface area contributed by atoms with E-state index in [9.17, 15) is 4.79 Å². The number of hydrogen-bond donors (Lipinski definition) is 3. The summed E-state index contributed by atoms with van der Waals surface area (Å²) in [6, 6.07) is 11.4. The van der Waals surface area contributed by atoms with Crippen LogP contribution in [0.2, 0.25) is 5.02 Å². The number of fused-ring (bicyclic) bond motifs is 3. The quantitative estimate of drug-likeness (QED) is 0.615. The Morgan fingerprint density at radius 1 is 1.25 bits per heavy atom. The van der Waals surface area contributed by atoms with E-state index in [1.54, 1.807) is 16.2 Å².